The molecular weight excluding hydrogens is 264 g/mol. The van der Waals surface area contributed by atoms with Gasteiger partial charge in [-0.05, 0) is 39.0 Å². The first-order chi connectivity index (χ1) is 9.89. The smallest absolute Gasteiger partial charge is 0.334 e. The van der Waals surface area contributed by atoms with Gasteiger partial charge >= 0.3 is 5.69 Å². The van der Waals surface area contributed by atoms with Crippen LogP contribution in [0.25, 0.3) is 16.7 Å². The van der Waals surface area contributed by atoms with Crippen LogP contribution in [-0.4, -0.2) is 14.1 Å². The summed E-state index contributed by atoms with van der Waals surface area (Å²) in [4.78, 5) is 16.9. The van der Waals surface area contributed by atoms with E-state index in [0.29, 0.717) is 5.82 Å². The molecule has 5 heteroatoms. The van der Waals surface area contributed by atoms with Gasteiger partial charge in [0.05, 0.1) is 16.7 Å². The summed E-state index contributed by atoms with van der Waals surface area (Å²) in [6.45, 7) is 6.06. The molecule has 0 atom stereocenters. The monoisotopic (exact) mass is 282 g/mol. The zero-order valence-corrected chi connectivity index (χ0v) is 12.4. The molecule has 0 bridgehead atoms. The minimum absolute atomic E-state index is 0.0747. The number of nitrogen functional groups attached to an aromatic ring is 1. The van der Waals surface area contributed by atoms with Crippen molar-refractivity contribution < 1.29 is 0 Å². The third kappa shape index (κ3) is 2.11. The molecule has 0 aliphatic rings. The Labute approximate surface area is 122 Å². The van der Waals surface area contributed by atoms with Crippen LogP contribution >= 0.6 is 0 Å². The molecule has 0 saturated heterocycles. The zero-order chi connectivity index (χ0) is 15.2. The van der Waals surface area contributed by atoms with E-state index < -0.39 is 0 Å². The average molecular weight is 282 g/mol. The molecule has 21 heavy (non-hydrogen) atoms. The number of pyridine rings is 1. The lowest BCUT2D eigenvalue weighted by molar-refractivity contribution is 0.394. The predicted molar refractivity (Wildman–Crippen MR) is 84.7 cm³/mol. The number of hydrogen-bond acceptors (Lipinski definition) is 3. The summed E-state index contributed by atoms with van der Waals surface area (Å²) in [6, 6.07) is 11.3. The van der Waals surface area contributed by atoms with E-state index in [-0.39, 0.29) is 11.2 Å². The van der Waals surface area contributed by atoms with Crippen molar-refractivity contribution in [3.05, 3.63) is 53.1 Å². The van der Waals surface area contributed by atoms with Gasteiger partial charge < -0.3 is 5.73 Å². The quantitative estimate of drug-likeness (QED) is 0.746. The van der Waals surface area contributed by atoms with Crippen molar-refractivity contribution in [2.75, 3.05) is 5.73 Å². The highest BCUT2D eigenvalue weighted by Crippen LogP contribution is 2.23. The van der Waals surface area contributed by atoms with Gasteiger partial charge in [0, 0.05) is 17.8 Å². The lowest BCUT2D eigenvalue weighted by Gasteiger charge is -2.20. The Kier molecular flexibility index (Phi) is 2.86. The van der Waals surface area contributed by atoms with Crippen LogP contribution in [0.5, 0.6) is 0 Å². The Morgan fingerprint density at radius 3 is 2.38 bits per heavy atom. The number of imidazole rings is 1. The van der Waals surface area contributed by atoms with Crippen molar-refractivity contribution in [2.45, 2.75) is 26.3 Å². The van der Waals surface area contributed by atoms with E-state index in [1.807, 2.05) is 45.0 Å². The van der Waals surface area contributed by atoms with Crippen LogP contribution in [0, 0.1) is 0 Å². The van der Waals surface area contributed by atoms with Gasteiger partial charge in [0.2, 0.25) is 0 Å². The molecule has 0 amide bonds. The maximum Gasteiger partial charge on any atom is 0.334 e. The number of nitrogens with zero attached hydrogens (tertiary/aromatic N) is 3. The fourth-order valence-corrected chi connectivity index (χ4v) is 2.62. The van der Waals surface area contributed by atoms with Crippen molar-refractivity contribution >= 4 is 16.9 Å². The van der Waals surface area contributed by atoms with Crippen LogP contribution in [0.2, 0.25) is 0 Å². The predicted octanol–water partition coefficient (Wildman–Crippen LogP) is 2.52. The third-order valence-electron chi connectivity index (χ3n) is 3.44. The van der Waals surface area contributed by atoms with Crippen LogP contribution < -0.4 is 11.4 Å². The molecule has 0 saturated carbocycles. The first-order valence-electron chi connectivity index (χ1n) is 6.84. The van der Waals surface area contributed by atoms with E-state index in [1.165, 1.54) is 0 Å². The normalized spacial score (nSPS) is 12.0. The Bertz CT molecular complexity index is 868. The van der Waals surface area contributed by atoms with Crippen LogP contribution in [-0.2, 0) is 5.54 Å². The summed E-state index contributed by atoms with van der Waals surface area (Å²) in [6.07, 6.45) is 1.61. The number of nitrogens with two attached hydrogens (primary N) is 1. The number of fused-ring (bicyclic) bond motifs is 1. The molecule has 108 valence electrons. The number of rotatable bonds is 1. The number of para-hydroxylation sites is 2. The van der Waals surface area contributed by atoms with Gasteiger partial charge in [0.1, 0.15) is 5.82 Å². The van der Waals surface area contributed by atoms with E-state index in [0.717, 1.165) is 16.7 Å². The van der Waals surface area contributed by atoms with E-state index in [4.69, 9.17) is 5.73 Å². The van der Waals surface area contributed by atoms with Gasteiger partial charge in [0.25, 0.3) is 0 Å². The van der Waals surface area contributed by atoms with Crippen molar-refractivity contribution in [2.24, 2.45) is 0 Å². The number of benzene rings is 1. The second-order valence-corrected chi connectivity index (χ2v) is 6.05. The van der Waals surface area contributed by atoms with Crippen LogP contribution in [0.4, 0.5) is 5.82 Å². The zero-order valence-electron chi connectivity index (χ0n) is 12.4. The molecule has 0 unspecified atom stereocenters. The maximum atomic E-state index is 12.9. The summed E-state index contributed by atoms with van der Waals surface area (Å²) >= 11 is 0. The molecular formula is C16H18N4O. The molecule has 2 N–H and O–H groups in total. The molecule has 1 aromatic carbocycles. The van der Waals surface area contributed by atoms with E-state index >= 15 is 0 Å². The molecule has 2 heterocycles. The minimum Gasteiger partial charge on any atom is -0.384 e. The largest absolute Gasteiger partial charge is 0.384 e. The number of hydrogen-bond donors (Lipinski definition) is 1. The summed E-state index contributed by atoms with van der Waals surface area (Å²) in [5, 5.41) is 0. The summed E-state index contributed by atoms with van der Waals surface area (Å²) in [5.74, 6) is 0.395. The van der Waals surface area contributed by atoms with Gasteiger partial charge in [-0.15, -0.1) is 0 Å². The van der Waals surface area contributed by atoms with Gasteiger partial charge in [-0.2, -0.15) is 0 Å². The van der Waals surface area contributed by atoms with Crippen molar-refractivity contribution in [3.63, 3.8) is 0 Å². The molecule has 2 aromatic heterocycles. The summed E-state index contributed by atoms with van der Waals surface area (Å²) < 4.78 is 3.48. The van der Waals surface area contributed by atoms with Crippen molar-refractivity contribution in [1.82, 2.24) is 14.1 Å². The lowest BCUT2D eigenvalue weighted by Crippen LogP contribution is -2.34. The molecule has 0 radical (unpaired) electrons. The standard InChI is InChI=1S/C16H18N4O/c1-16(2,3)20-13-7-5-4-6-12(13)19(15(20)21)11-8-9-18-14(17)10-11/h4-10H,1-3H3,(H2,17,18). The van der Waals surface area contributed by atoms with Gasteiger partial charge in [-0.25, -0.2) is 9.78 Å². The number of anilines is 1. The molecule has 5 nitrogen and oxygen atoms in total. The van der Waals surface area contributed by atoms with E-state index in [2.05, 4.69) is 4.98 Å². The summed E-state index contributed by atoms with van der Waals surface area (Å²) in [7, 11) is 0. The average Bonchev–Trinajstić information content (AvgIpc) is 2.70. The summed E-state index contributed by atoms with van der Waals surface area (Å²) in [5.41, 5.74) is 7.87. The SMILES string of the molecule is CC(C)(C)n1c(=O)n(-c2ccnc(N)c2)c2ccccc21. The fourth-order valence-electron chi connectivity index (χ4n) is 2.62. The number of aromatic nitrogens is 3. The van der Waals surface area contributed by atoms with Crippen molar-refractivity contribution in [1.29, 1.82) is 0 Å². The lowest BCUT2D eigenvalue weighted by atomic mass is 10.1. The molecule has 0 fully saturated rings. The van der Waals surface area contributed by atoms with Crippen LogP contribution in [0.1, 0.15) is 20.8 Å². The molecule has 3 aromatic rings. The first kappa shape index (κ1) is 13.4. The Morgan fingerprint density at radius 2 is 1.76 bits per heavy atom. The minimum atomic E-state index is -0.305. The molecule has 0 aliphatic heterocycles. The Balaban J connectivity index is 2.45. The highest BCUT2D eigenvalue weighted by molar-refractivity contribution is 5.78. The van der Waals surface area contributed by atoms with E-state index in [1.54, 1.807) is 27.5 Å². The van der Waals surface area contributed by atoms with Gasteiger partial charge in [-0.3, -0.25) is 9.13 Å². The van der Waals surface area contributed by atoms with Gasteiger partial charge in [0.15, 0.2) is 0 Å². The fraction of sp³-hybridized carbons (Fsp3) is 0.250. The molecule has 0 aliphatic carbocycles. The van der Waals surface area contributed by atoms with E-state index in [9.17, 15) is 4.79 Å². The maximum absolute atomic E-state index is 12.9. The van der Waals surface area contributed by atoms with Crippen LogP contribution in [0.3, 0.4) is 0 Å². The van der Waals surface area contributed by atoms with Crippen molar-refractivity contribution in [3.8, 4) is 5.69 Å². The second kappa shape index (κ2) is 4.48. The highest BCUT2D eigenvalue weighted by Gasteiger charge is 2.22. The second-order valence-electron chi connectivity index (χ2n) is 6.05. The molecule has 0 spiro atoms. The Morgan fingerprint density at radius 1 is 1.10 bits per heavy atom. The first-order valence-corrected chi connectivity index (χ1v) is 6.84. The highest BCUT2D eigenvalue weighted by atomic mass is 16.1. The van der Waals surface area contributed by atoms with Crippen LogP contribution in [0.15, 0.2) is 47.4 Å². The Hall–Kier alpha value is -2.56. The topological polar surface area (TPSA) is 65.8 Å². The molecule has 3 rings (SSSR count). The third-order valence-corrected chi connectivity index (χ3v) is 3.44. The van der Waals surface area contributed by atoms with Gasteiger partial charge in [-0.1, -0.05) is 12.1 Å².